The molecule has 0 bridgehead atoms. The van der Waals surface area contributed by atoms with Crippen LogP contribution in [0.15, 0.2) is 23.5 Å². The molecule has 6 nitrogen and oxygen atoms in total. The van der Waals surface area contributed by atoms with Crippen molar-refractivity contribution in [1.29, 1.82) is 0 Å². The van der Waals surface area contributed by atoms with Gasteiger partial charge in [0.2, 0.25) is 0 Å². The lowest BCUT2D eigenvalue weighted by molar-refractivity contribution is 0.413. The van der Waals surface area contributed by atoms with E-state index in [0.717, 1.165) is 22.4 Å². The molecular weight excluding hydrogens is 321 g/mol. The van der Waals surface area contributed by atoms with E-state index >= 15 is 0 Å². The maximum absolute atomic E-state index is 5.55. The predicted molar refractivity (Wildman–Crippen MR) is 83.7 cm³/mol. The van der Waals surface area contributed by atoms with Crippen LogP contribution in [-0.4, -0.2) is 26.9 Å². The van der Waals surface area contributed by atoms with Crippen molar-refractivity contribution < 1.29 is 4.74 Å². The largest absolute Gasteiger partial charge is 0.497 e. The van der Waals surface area contributed by atoms with Crippen LogP contribution in [0.25, 0.3) is 0 Å². The van der Waals surface area contributed by atoms with Crippen LogP contribution in [-0.2, 0) is 19.3 Å². The first-order valence-electron chi connectivity index (χ1n) is 5.44. The minimum atomic E-state index is 0. The van der Waals surface area contributed by atoms with E-state index in [-0.39, 0.29) is 24.8 Å². The molecule has 0 aliphatic heterocycles. The fourth-order valence-corrected chi connectivity index (χ4v) is 2.28. The molecule has 2 aromatic heterocycles. The summed E-state index contributed by atoms with van der Waals surface area (Å²) in [5, 5.41) is 8.92. The Bertz CT molecular complexity index is 537. The molecule has 0 atom stereocenters. The van der Waals surface area contributed by atoms with Gasteiger partial charge in [-0.3, -0.25) is 4.98 Å². The number of methoxy groups -OCH3 is 1. The third kappa shape index (κ3) is 4.52. The number of ether oxygens (including phenoxy) is 1. The lowest BCUT2D eigenvalue weighted by atomic mass is 10.3. The molecule has 20 heavy (non-hydrogen) atoms. The van der Waals surface area contributed by atoms with E-state index in [4.69, 9.17) is 10.5 Å². The number of nitrogens with two attached hydrogens (primary N) is 1. The van der Waals surface area contributed by atoms with Gasteiger partial charge in [-0.2, -0.15) is 0 Å². The lowest BCUT2D eigenvalue weighted by Gasteiger charge is -2.04. The van der Waals surface area contributed by atoms with Crippen LogP contribution < -0.4 is 10.5 Å². The number of hydrogen-bond donors (Lipinski definition) is 1. The van der Waals surface area contributed by atoms with Crippen LogP contribution in [0.2, 0.25) is 0 Å². The summed E-state index contributed by atoms with van der Waals surface area (Å²) in [4.78, 5) is 4.28. The third-order valence-electron chi connectivity index (χ3n) is 2.48. The minimum Gasteiger partial charge on any atom is -0.497 e. The zero-order valence-corrected chi connectivity index (χ0v) is 13.6. The van der Waals surface area contributed by atoms with E-state index in [1.54, 1.807) is 25.1 Å². The van der Waals surface area contributed by atoms with Crippen molar-refractivity contribution in [3.8, 4) is 5.75 Å². The van der Waals surface area contributed by atoms with Crippen LogP contribution in [0.5, 0.6) is 5.75 Å². The van der Waals surface area contributed by atoms with Gasteiger partial charge in [0.15, 0.2) is 5.16 Å². The van der Waals surface area contributed by atoms with Gasteiger partial charge in [0.1, 0.15) is 11.6 Å². The smallest absolute Gasteiger partial charge is 0.191 e. The monoisotopic (exact) mass is 337 g/mol. The second kappa shape index (κ2) is 9.02. The fourth-order valence-electron chi connectivity index (χ4n) is 1.45. The zero-order chi connectivity index (χ0) is 13.0. The van der Waals surface area contributed by atoms with E-state index in [0.29, 0.717) is 12.3 Å². The minimum absolute atomic E-state index is 0. The molecule has 0 radical (unpaired) electrons. The number of thioether (sulfide) groups is 1. The van der Waals surface area contributed by atoms with Crippen molar-refractivity contribution in [2.24, 2.45) is 12.8 Å². The second-order valence-corrected chi connectivity index (χ2v) is 4.58. The molecule has 0 aromatic carbocycles. The van der Waals surface area contributed by atoms with Crippen molar-refractivity contribution in [2.75, 3.05) is 7.11 Å². The number of nitrogens with zero attached hydrogens (tertiary/aromatic N) is 4. The molecular formula is C11H17Cl2N5OS. The van der Waals surface area contributed by atoms with Crippen LogP contribution in [0.4, 0.5) is 0 Å². The Morgan fingerprint density at radius 3 is 2.70 bits per heavy atom. The van der Waals surface area contributed by atoms with Gasteiger partial charge >= 0.3 is 0 Å². The summed E-state index contributed by atoms with van der Waals surface area (Å²) in [7, 11) is 3.55. The van der Waals surface area contributed by atoms with Gasteiger partial charge in [0.25, 0.3) is 0 Å². The van der Waals surface area contributed by atoms with Crippen molar-refractivity contribution >= 4 is 36.6 Å². The molecule has 0 saturated carbocycles. The fraction of sp³-hybridized carbons (Fsp3) is 0.364. The Hall–Kier alpha value is -1.02. The molecule has 0 saturated heterocycles. The van der Waals surface area contributed by atoms with Crippen molar-refractivity contribution in [1.82, 2.24) is 19.7 Å². The van der Waals surface area contributed by atoms with E-state index < -0.39 is 0 Å². The second-order valence-electron chi connectivity index (χ2n) is 3.64. The molecule has 0 unspecified atom stereocenters. The van der Waals surface area contributed by atoms with Gasteiger partial charge < -0.3 is 15.0 Å². The number of pyridine rings is 1. The van der Waals surface area contributed by atoms with Gasteiger partial charge in [-0.15, -0.1) is 35.0 Å². The normalized spacial score (nSPS) is 9.55. The SMILES string of the molecule is COc1ccnc(CSc2nnc(CN)n2C)c1.Cl.Cl. The van der Waals surface area contributed by atoms with E-state index in [2.05, 4.69) is 15.2 Å². The van der Waals surface area contributed by atoms with Crippen LogP contribution in [0, 0.1) is 0 Å². The summed E-state index contributed by atoms with van der Waals surface area (Å²) in [6, 6.07) is 3.73. The molecule has 0 aliphatic rings. The number of rotatable bonds is 5. The first-order chi connectivity index (χ1) is 8.74. The van der Waals surface area contributed by atoms with Crippen LogP contribution >= 0.6 is 36.6 Å². The highest BCUT2D eigenvalue weighted by atomic mass is 35.5. The number of hydrogen-bond acceptors (Lipinski definition) is 6. The number of aromatic nitrogens is 4. The lowest BCUT2D eigenvalue weighted by Crippen LogP contribution is -2.05. The predicted octanol–water partition coefficient (Wildman–Crippen LogP) is 1.81. The molecule has 0 fully saturated rings. The quantitative estimate of drug-likeness (QED) is 0.838. The van der Waals surface area contributed by atoms with E-state index in [1.807, 2.05) is 23.7 Å². The maximum Gasteiger partial charge on any atom is 0.191 e. The summed E-state index contributed by atoms with van der Waals surface area (Å²) < 4.78 is 7.05. The molecule has 2 heterocycles. The molecule has 2 aromatic rings. The standard InChI is InChI=1S/C11H15N5OS.2ClH/c1-16-10(6-12)14-15-11(16)18-7-8-5-9(17-2)3-4-13-8;;/h3-5H,6-7,12H2,1-2H3;2*1H. The van der Waals surface area contributed by atoms with Crippen LogP contribution in [0.1, 0.15) is 11.5 Å². The molecule has 0 amide bonds. The van der Waals surface area contributed by atoms with Gasteiger partial charge in [-0.25, -0.2) is 0 Å². The van der Waals surface area contributed by atoms with Crippen molar-refractivity contribution in [3.63, 3.8) is 0 Å². The summed E-state index contributed by atoms with van der Waals surface area (Å²) in [6.45, 7) is 0.390. The summed E-state index contributed by atoms with van der Waals surface area (Å²) >= 11 is 1.57. The molecule has 2 N–H and O–H groups in total. The molecule has 112 valence electrons. The Morgan fingerprint density at radius 2 is 2.10 bits per heavy atom. The first kappa shape index (κ1) is 19.0. The average molecular weight is 338 g/mol. The highest BCUT2D eigenvalue weighted by Crippen LogP contribution is 2.21. The molecule has 2 rings (SSSR count). The average Bonchev–Trinajstić information content (AvgIpc) is 2.77. The highest BCUT2D eigenvalue weighted by Gasteiger charge is 2.08. The Labute approximate surface area is 134 Å². The summed E-state index contributed by atoms with van der Waals surface area (Å²) in [5.74, 6) is 2.30. The Morgan fingerprint density at radius 1 is 1.35 bits per heavy atom. The van der Waals surface area contributed by atoms with Crippen molar-refractivity contribution in [3.05, 3.63) is 29.8 Å². The number of halogens is 2. The van der Waals surface area contributed by atoms with Gasteiger partial charge in [0.05, 0.1) is 19.3 Å². The summed E-state index contributed by atoms with van der Waals surface area (Å²) in [5.41, 5.74) is 6.49. The summed E-state index contributed by atoms with van der Waals surface area (Å²) in [6.07, 6.45) is 1.73. The maximum atomic E-state index is 5.55. The molecule has 9 heteroatoms. The van der Waals surface area contributed by atoms with Gasteiger partial charge in [0, 0.05) is 25.1 Å². The van der Waals surface area contributed by atoms with Crippen molar-refractivity contribution in [2.45, 2.75) is 17.5 Å². The Balaban J connectivity index is 0.00000180. The van der Waals surface area contributed by atoms with Gasteiger partial charge in [-0.05, 0) is 6.07 Å². The van der Waals surface area contributed by atoms with Gasteiger partial charge in [-0.1, -0.05) is 11.8 Å². The highest BCUT2D eigenvalue weighted by molar-refractivity contribution is 7.98. The first-order valence-corrected chi connectivity index (χ1v) is 6.43. The molecule has 0 aliphatic carbocycles. The third-order valence-corrected chi connectivity index (χ3v) is 3.53. The topological polar surface area (TPSA) is 78.8 Å². The van der Waals surface area contributed by atoms with E-state index in [1.165, 1.54) is 0 Å². The zero-order valence-electron chi connectivity index (χ0n) is 11.1. The van der Waals surface area contributed by atoms with Crippen LogP contribution in [0.3, 0.4) is 0 Å². The van der Waals surface area contributed by atoms with E-state index in [9.17, 15) is 0 Å². The Kier molecular flexibility index (Phi) is 8.56. The molecule has 0 spiro atoms.